The zero-order valence-electron chi connectivity index (χ0n) is 9.04. The summed E-state index contributed by atoms with van der Waals surface area (Å²) in [6.45, 7) is 3.85. The molecule has 1 aromatic carbocycles. The van der Waals surface area contributed by atoms with Crippen molar-refractivity contribution in [2.45, 2.75) is 13.8 Å². The lowest BCUT2D eigenvalue weighted by Crippen LogP contribution is -2.15. The maximum absolute atomic E-state index is 11.6. The molecule has 0 amide bonds. The Bertz CT molecular complexity index is 575. The molecule has 1 aromatic heterocycles. The van der Waals surface area contributed by atoms with Crippen LogP contribution in [0.25, 0.3) is 5.69 Å². The van der Waals surface area contributed by atoms with E-state index in [1.807, 2.05) is 26.0 Å². The molecule has 4 nitrogen and oxygen atoms in total. The van der Waals surface area contributed by atoms with Gasteiger partial charge in [0.05, 0.1) is 10.7 Å². The van der Waals surface area contributed by atoms with E-state index in [-0.39, 0.29) is 5.56 Å². The summed E-state index contributed by atoms with van der Waals surface area (Å²) in [4.78, 5) is 11.6. The van der Waals surface area contributed by atoms with Gasteiger partial charge in [0, 0.05) is 6.07 Å². The molecular weight excluding hydrogens is 226 g/mol. The number of hydrogen-bond acceptors (Lipinski definition) is 2. The van der Waals surface area contributed by atoms with Crippen molar-refractivity contribution in [2.75, 3.05) is 5.73 Å². The van der Waals surface area contributed by atoms with Crippen molar-refractivity contribution in [2.24, 2.45) is 0 Å². The van der Waals surface area contributed by atoms with Gasteiger partial charge in [-0.25, -0.2) is 4.68 Å². The molecule has 0 unspecified atom stereocenters. The number of nitrogens with zero attached hydrogens (tertiary/aromatic N) is 1. The molecule has 0 atom stereocenters. The predicted molar refractivity (Wildman–Crippen MR) is 65.3 cm³/mol. The Morgan fingerprint density at radius 1 is 1.31 bits per heavy atom. The van der Waals surface area contributed by atoms with Crippen molar-refractivity contribution < 1.29 is 0 Å². The van der Waals surface area contributed by atoms with Gasteiger partial charge in [-0.3, -0.25) is 9.89 Å². The third kappa shape index (κ3) is 1.72. The zero-order chi connectivity index (χ0) is 11.9. The summed E-state index contributed by atoms with van der Waals surface area (Å²) in [6.07, 6.45) is 0. The summed E-state index contributed by atoms with van der Waals surface area (Å²) in [5, 5.41) is 3.29. The maximum Gasteiger partial charge on any atom is 0.273 e. The normalized spacial score (nSPS) is 10.7. The van der Waals surface area contributed by atoms with Crippen LogP contribution >= 0.6 is 11.6 Å². The Kier molecular flexibility index (Phi) is 2.52. The van der Waals surface area contributed by atoms with Crippen LogP contribution < -0.4 is 11.3 Å². The van der Waals surface area contributed by atoms with E-state index < -0.39 is 0 Å². The number of rotatable bonds is 1. The molecule has 0 spiro atoms. The van der Waals surface area contributed by atoms with Crippen LogP contribution in [0.1, 0.15) is 11.1 Å². The van der Waals surface area contributed by atoms with E-state index in [9.17, 15) is 4.79 Å². The Labute approximate surface area is 97.6 Å². The second-order valence-electron chi connectivity index (χ2n) is 3.80. The lowest BCUT2D eigenvalue weighted by molar-refractivity contribution is 0.846. The topological polar surface area (TPSA) is 63.8 Å². The number of nitrogens with one attached hydrogen (secondary N) is 1. The molecule has 0 aliphatic carbocycles. The van der Waals surface area contributed by atoms with Gasteiger partial charge in [0.15, 0.2) is 0 Å². The Morgan fingerprint density at radius 2 is 2.00 bits per heavy atom. The fourth-order valence-corrected chi connectivity index (χ4v) is 2.18. The fraction of sp³-hybridized carbons (Fsp3) is 0.182. The summed E-state index contributed by atoms with van der Waals surface area (Å²) in [5.41, 5.74) is 7.94. The molecule has 1 heterocycles. The Hall–Kier alpha value is -1.68. The monoisotopic (exact) mass is 237 g/mol. The molecule has 84 valence electrons. The van der Waals surface area contributed by atoms with Crippen molar-refractivity contribution in [3.63, 3.8) is 0 Å². The van der Waals surface area contributed by atoms with Gasteiger partial charge in [0.1, 0.15) is 5.82 Å². The quantitative estimate of drug-likeness (QED) is 0.797. The van der Waals surface area contributed by atoms with Crippen LogP contribution in [0.3, 0.4) is 0 Å². The average Bonchev–Trinajstić information content (AvgIpc) is 2.43. The molecule has 16 heavy (non-hydrogen) atoms. The highest BCUT2D eigenvalue weighted by Crippen LogP contribution is 2.24. The summed E-state index contributed by atoms with van der Waals surface area (Å²) in [7, 11) is 0. The number of aromatic nitrogens is 2. The molecule has 0 fully saturated rings. The number of aryl methyl sites for hydroxylation is 2. The van der Waals surface area contributed by atoms with E-state index in [2.05, 4.69) is 5.10 Å². The van der Waals surface area contributed by atoms with Crippen LogP contribution in [0.4, 0.5) is 5.82 Å². The SMILES string of the molecule is Cc1cc(C)c(-n2[nH]c(N)cc2=O)c(Cl)c1. The smallest absolute Gasteiger partial charge is 0.273 e. The van der Waals surface area contributed by atoms with Gasteiger partial charge < -0.3 is 5.73 Å². The maximum atomic E-state index is 11.6. The Balaban J connectivity index is 2.74. The lowest BCUT2D eigenvalue weighted by Gasteiger charge is -2.09. The summed E-state index contributed by atoms with van der Waals surface area (Å²) in [5.74, 6) is 0.320. The number of aromatic amines is 1. The molecule has 0 bridgehead atoms. The number of nitrogens with two attached hydrogens (primary N) is 1. The molecule has 0 saturated heterocycles. The number of H-pyrrole nitrogens is 1. The average molecular weight is 238 g/mol. The molecule has 0 radical (unpaired) electrons. The van der Waals surface area contributed by atoms with Crippen LogP contribution in [0.2, 0.25) is 5.02 Å². The highest BCUT2D eigenvalue weighted by molar-refractivity contribution is 6.32. The first-order valence-electron chi connectivity index (χ1n) is 4.83. The minimum absolute atomic E-state index is 0.216. The largest absolute Gasteiger partial charge is 0.384 e. The highest BCUT2D eigenvalue weighted by atomic mass is 35.5. The molecule has 2 aromatic rings. The van der Waals surface area contributed by atoms with Crippen LogP contribution in [-0.4, -0.2) is 9.78 Å². The van der Waals surface area contributed by atoms with Crippen molar-refractivity contribution in [3.05, 3.63) is 44.7 Å². The van der Waals surface area contributed by atoms with Crippen molar-refractivity contribution in [3.8, 4) is 5.69 Å². The molecule has 0 saturated carbocycles. The number of nitrogen functional groups attached to an aromatic ring is 1. The van der Waals surface area contributed by atoms with Gasteiger partial charge >= 0.3 is 0 Å². The first-order valence-corrected chi connectivity index (χ1v) is 5.21. The number of hydrogen-bond donors (Lipinski definition) is 2. The van der Waals surface area contributed by atoms with Crippen molar-refractivity contribution in [1.82, 2.24) is 9.78 Å². The first kappa shape index (κ1) is 10.8. The van der Waals surface area contributed by atoms with E-state index in [0.717, 1.165) is 11.1 Å². The fourth-order valence-electron chi connectivity index (χ4n) is 1.77. The van der Waals surface area contributed by atoms with Gasteiger partial charge in [0.2, 0.25) is 0 Å². The van der Waals surface area contributed by atoms with Gasteiger partial charge in [-0.15, -0.1) is 0 Å². The van der Waals surface area contributed by atoms with E-state index in [1.165, 1.54) is 10.7 Å². The van der Waals surface area contributed by atoms with E-state index >= 15 is 0 Å². The summed E-state index contributed by atoms with van der Waals surface area (Å²) < 4.78 is 1.35. The minimum Gasteiger partial charge on any atom is -0.384 e. The third-order valence-electron chi connectivity index (χ3n) is 2.36. The van der Waals surface area contributed by atoms with E-state index in [4.69, 9.17) is 17.3 Å². The highest BCUT2D eigenvalue weighted by Gasteiger charge is 2.10. The molecule has 0 aliphatic heterocycles. The van der Waals surface area contributed by atoms with Crippen LogP contribution in [0, 0.1) is 13.8 Å². The van der Waals surface area contributed by atoms with Crippen molar-refractivity contribution in [1.29, 1.82) is 0 Å². The van der Waals surface area contributed by atoms with Crippen molar-refractivity contribution >= 4 is 17.4 Å². The predicted octanol–water partition coefficient (Wildman–Crippen LogP) is 2.02. The first-order chi connectivity index (χ1) is 7.49. The molecule has 2 rings (SSSR count). The van der Waals surface area contributed by atoms with Crippen LogP contribution in [-0.2, 0) is 0 Å². The second kappa shape index (κ2) is 3.72. The lowest BCUT2D eigenvalue weighted by atomic mass is 10.1. The van der Waals surface area contributed by atoms with Gasteiger partial charge in [0.25, 0.3) is 5.56 Å². The van der Waals surface area contributed by atoms with E-state index in [0.29, 0.717) is 16.5 Å². The standard InChI is InChI=1S/C11H12ClN3O/c1-6-3-7(2)11(8(12)4-6)15-10(16)5-9(13)14-15/h3-5,14H,13H2,1-2H3. The second-order valence-corrected chi connectivity index (χ2v) is 4.20. The number of halogens is 1. The number of benzene rings is 1. The summed E-state index contributed by atoms with van der Waals surface area (Å²) >= 11 is 6.13. The van der Waals surface area contributed by atoms with E-state index in [1.54, 1.807) is 0 Å². The van der Waals surface area contributed by atoms with Crippen LogP contribution in [0.5, 0.6) is 0 Å². The molecule has 5 heteroatoms. The Morgan fingerprint density at radius 3 is 2.50 bits per heavy atom. The van der Waals surface area contributed by atoms with Gasteiger partial charge in [-0.2, -0.15) is 0 Å². The molecule has 0 aliphatic rings. The molecular formula is C11H12ClN3O. The van der Waals surface area contributed by atoms with Gasteiger partial charge in [-0.05, 0) is 31.0 Å². The van der Waals surface area contributed by atoms with Gasteiger partial charge in [-0.1, -0.05) is 17.7 Å². The minimum atomic E-state index is -0.216. The van der Waals surface area contributed by atoms with Crippen LogP contribution in [0.15, 0.2) is 23.0 Å². The number of anilines is 1. The zero-order valence-corrected chi connectivity index (χ0v) is 9.80. The molecule has 3 N–H and O–H groups in total. The third-order valence-corrected chi connectivity index (χ3v) is 2.65. The summed E-state index contributed by atoms with van der Waals surface area (Å²) in [6, 6.07) is 5.10.